The van der Waals surface area contributed by atoms with Crippen molar-refractivity contribution in [3.05, 3.63) is 0 Å². The topological polar surface area (TPSA) is 55.6 Å². The molecule has 0 saturated carbocycles. The van der Waals surface area contributed by atoms with Crippen LogP contribution in [0.25, 0.3) is 0 Å². The molecule has 0 bridgehead atoms. The lowest BCUT2D eigenvalue weighted by molar-refractivity contribution is -0.136. The van der Waals surface area contributed by atoms with E-state index in [2.05, 4.69) is 0 Å². The van der Waals surface area contributed by atoms with Gasteiger partial charge in [-0.15, -0.1) is 0 Å². The van der Waals surface area contributed by atoms with E-state index in [1.54, 1.807) is 11.9 Å². The van der Waals surface area contributed by atoms with Gasteiger partial charge in [-0.05, 0) is 19.8 Å². The minimum Gasteiger partial charge on any atom is -0.377 e. The Kier molecular flexibility index (Phi) is 7.34. The monoisotopic (exact) mass is 230 g/mol. The van der Waals surface area contributed by atoms with Crippen molar-refractivity contribution in [3.8, 4) is 0 Å². The number of carbonyl (C=O) groups excluding carboxylic acids is 1. The second-order valence-corrected chi connectivity index (χ2v) is 4.77. The van der Waals surface area contributed by atoms with Crippen LogP contribution in [0.5, 0.6) is 0 Å². The van der Waals surface area contributed by atoms with Crippen LogP contribution in [0.15, 0.2) is 0 Å². The maximum atomic E-state index is 12.0. The highest BCUT2D eigenvalue weighted by Gasteiger charge is 2.23. The van der Waals surface area contributed by atoms with Gasteiger partial charge in [-0.1, -0.05) is 13.8 Å². The maximum Gasteiger partial charge on any atom is 0.227 e. The fraction of sp³-hybridized carbons (Fsp3) is 0.917. The lowest BCUT2D eigenvalue weighted by Crippen LogP contribution is -2.40. The first-order chi connectivity index (χ1) is 7.40. The average Bonchev–Trinajstić information content (AvgIpc) is 2.17. The molecule has 0 radical (unpaired) electrons. The lowest BCUT2D eigenvalue weighted by atomic mass is 9.94. The number of likely N-dealkylation sites (N-methyl/N-ethyl adjacent to an activating group) is 1. The van der Waals surface area contributed by atoms with Gasteiger partial charge < -0.3 is 15.4 Å². The molecule has 0 aromatic heterocycles. The molecule has 0 rings (SSSR count). The molecule has 2 N–H and O–H groups in total. The Balaban J connectivity index is 4.06. The third kappa shape index (κ3) is 5.47. The van der Waals surface area contributed by atoms with E-state index in [9.17, 15) is 4.79 Å². The molecule has 16 heavy (non-hydrogen) atoms. The summed E-state index contributed by atoms with van der Waals surface area (Å²) in [7, 11) is 1.80. The minimum atomic E-state index is -0.0796. The fourth-order valence-electron chi connectivity index (χ4n) is 1.48. The predicted molar refractivity (Wildman–Crippen MR) is 66.1 cm³/mol. The van der Waals surface area contributed by atoms with Crippen molar-refractivity contribution in [2.75, 3.05) is 26.7 Å². The second-order valence-electron chi connectivity index (χ2n) is 4.77. The number of amides is 1. The van der Waals surface area contributed by atoms with Gasteiger partial charge in [-0.2, -0.15) is 0 Å². The van der Waals surface area contributed by atoms with Gasteiger partial charge in [-0.3, -0.25) is 4.79 Å². The smallest absolute Gasteiger partial charge is 0.227 e. The molecule has 0 aromatic carbocycles. The summed E-state index contributed by atoms with van der Waals surface area (Å²) < 4.78 is 5.41. The summed E-state index contributed by atoms with van der Waals surface area (Å²) in [4.78, 5) is 13.7. The maximum absolute atomic E-state index is 12.0. The molecule has 1 atom stereocenters. The van der Waals surface area contributed by atoms with Crippen molar-refractivity contribution in [1.82, 2.24) is 4.90 Å². The van der Waals surface area contributed by atoms with Crippen LogP contribution in [0.1, 0.15) is 27.7 Å². The Bertz CT molecular complexity index is 205. The zero-order chi connectivity index (χ0) is 12.7. The van der Waals surface area contributed by atoms with Gasteiger partial charge in [0.25, 0.3) is 0 Å². The van der Waals surface area contributed by atoms with Crippen molar-refractivity contribution in [2.24, 2.45) is 17.6 Å². The first-order valence-corrected chi connectivity index (χ1v) is 5.96. The standard InChI is InChI=1S/C12H26N2O2/c1-9(2)11(8-13)12(15)14(5)6-7-16-10(3)4/h9-11H,6-8,13H2,1-5H3. The van der Waals surface area contributed by atoms with Crippen LogP contribution >= 0.6 is 0 Å². The molecule has 0 aliphatic heterocycles. The zero-order valence-corrected chi connectivity index (χ0v) is 11.2. The number of rotatable bonds is 7. The first-order valence-electron chi connectivity index (χ1n) is 5.96. The van der Waals surface area contributed by atoms with Crippen LogP contribution < -0.4 is 5.73 Å². The van der Waals surface area contributed by atoms with Crippen molar-refractivity contribution in [2.45, 2.75) is 33.8 Å². The number of ether oxygens (including phenoxy) is 1. The van der Waals surface area contributed by atoms with Crippen LogP contribution in [0.4, 0.5) is 0 Å². The molecule has 0 aromatic rings. The van der Waals surface area contributed by atoms with Crippen LogP contribution in [0.2, 0.25) is 0 Å². The highest BCUT2D eigenvalue weighted by atomic mass is 16.5. The number of nitrogens with two attached hydrogens (primary N) is 1. The SMILES string of the molecule is CC(C)OCCN(C)C(=O)C(CN)C(C)C. The normalized spacial score (nSPS) is 13.2. The molecule has 0 aliphatic rings. The van der Waals surface area contributed by atoms with E-state index in [0.717, 1.165) is 0 Å². The van der Waals surface area contributed by atoms with Crippen molar-refractivity contribution in [1.29, 1.82) is 0 Å². The van der Waals surface area contributed by atoms with Gasteiger partial charge in [0.2, 0.25) is 5.91 Å². The van der Waals surface area contributed by atoms with E-state index in [0.29, 0.717) is 19.7 Å². The van der Waals surface area contributed by atoms with E-state index in [1.807, 2.05) is 27.7 Å². The summed E-state index contributed by atoms with van der Waals surface area (Å²) in [6.07, 6.45) is 0.207. The number of carbonyl (C=O) groups is 1. The molecular weight excluding hydrogens is 204 g/mol. The quantitative estimate of drug-likeness (QED) is 0.712. The van der Waals surface area contributed by atoms with E-state index in [4.69, 9.17) is 10.5 Å². The predicted octanol–water partition coefficient (Wildman–Crippen LogP) is 1.10. The van der Waals surface area contributed by atoms with Crippen LogP contribution in [-0.2, 0) is 9.53 Å². The Morgan fingerprint density at radius 2 is 1.88 bits per heavy atom. The van der Waals surface area contributed by atoms with Gasteiger partial charge in [0.05, 0.1) is 18.6 Å². The number of hydrogen-bond donors (Lipinski definition) is 1. The van der Waals surface area contributed by atoms with Crippen molar-refractivity contribution in [3.63, 3.8) is 0 Å². The van der Waals surface area contributed by atoms with Gasteiger partial charge in [0.15, 0.2) is 0 Å². The average molecular weight is 230 g/mol. The minimum absolute atomic E-state index is 0.0796. The Hall–Kier alpha value is -0.610. The van der Waals surface area contributed by atoms with E-state index < -0.39 is 0 Å². The second kappa shape index (κ2) is 7.63. The Morgan fingerprint density at radius 3 is 2.25 bits per heavy atom. The Morgan fingerprint density at radius 1 is 1.31 bits per heavy atom. The van der Waals surface area contributed by atoms with E-state index in [1.165, 1.54) is 0 Å². The summed E-state index contributed by atoms with van der Waals surface area (Å²) >= 11 is 0. The van der Waals surface area contributed by atoms with Crippen LogP contribution in [0, 0.1) is 11.8 Å². The third-order valence-corrected chi connectivity index (χ3v) is 2.63. The van der Waals surface area contributed by atoms with Gasteiger partial charge in [-0.25, -0.2) is 0 Å². The Labute approximate surface area is 99.1 Å². The highest BCUT2D eigenvalue weighted by Crippen LogP contribution is 2.12. The van der Waals surface area contributed by atoms with Gasteiger partial charge >= 0.3 is 0 Å². The third-order valence-electron chi connectivity index (χ3n) is 2.63. The number of nitrogens with zero attached hydrogens (tertiary/aromatic N) is 1. The fourth-order valence-corrected chi connectivity index (χ4v) is 1.48. The van der Waals surface area contributed by atoms with E-state index in [-0.39, 0.29) is 23.8 Å². The molecule has 0 saturated heterocycles. The van der Waals surface area contributed by atoms with E-state index >= 15 is 0 Å². The van der Waals surface area contributed by atoms with Crippen molar-refractivity contribution < 1.29 is 9.53 Å². The largest absolute Gasteiger partial charge is 0.377 e. The summed E-state index contributed by atoms with van der Waals surface area (Å²) in [5.41, 5.74) is 5.61. The highest BCUT2D eigenvalue weighted by molar-refractivity contribution is 5.79. The summed E-state index contributed by atoms with van der Waals surface area (Å²) in [6.45, 7) is 9.63. The molecule has 1 amide bonds. The van der Waals surface area contributed by atoms with Crippen LogP contribution in [-0.4, -0.2) is 43.7 Å². The van der Waals surface area contributed by atoms with Gasteiger partial charge in [0, 0.05) is 20.1 Å². The summed E-state index contributed by atoms with van der Waals surface area (Å²) in [6, 6.07) is 0. The number of hydrogen-bond acceptors (Lipinski definition) is 3. The van der Waals surface area contributed by atoms with Crippen LogP contribution in [0.3, 0.4) is 0 Å². The molecule has 96 valence electrons. The molecule has 4 heteroatoms. The van der Waals surface area contributed by atoms with Crippen molar-refractivity contribution >= 4 is 5.91 Å². The van der Waals surface area contributed by atoms with Gasteiger partial charge in [0.1, 0.15) is 0 Å². The summed E-state index contributed by atoms with van der Waals surface area (Å²) in [5.74, 6) is 0.319. The zero-order valence-electron chi connectivity index (χ0n) is 11.2. The molecule has 0 spiro atoms. The molecular formula is C12H26N2O2. The molecule has 1 unspecified atom stereocenters. The molecule has 0 heterocycles. The summed E-state index contributed by atoms with van der Waals surface area (Å²) in [5, 5.41) is 0. The molecule has 4 nitrogen and oxygen atoms in total. The molecule has 0 fully saturated rings. The first kappa shape index (κ1) is 15.4. The molecule has 0 aliphatic carbocycles. The lowest BCUT2D eigenvalue weighted by Gasteiger charge is -2.25.